The highest BCUT2D eigenvalue weighted by atomic mass is 19.1. The number of hydrogen-bond acceptors (Lipinski definition) is 2. The van der Waals surface area contributed by atoms with E-state index < -0.39 is 0 Å². The highest BCUT2D eigenvalue weighted by Crippen LogP contribution is 1.73. The molecule has 0 amide bonds. The zero-order valence-electron chi connectivity index (χ0n) is 5.97. The quantitative estimate of drug-likeness (QED) is 0.439. The molecule has 0 aliphatic rings. The lowest BCUT2D eigenvalue weighted by Gasteiger charge is -1.90. The highest BCUT2D eigenvalue weighted by Gasteiger charge is 1.83. The van der Waals surface area contributed by atoms with Crippen LogP contribution in [-0.2, 0) is 9.53 Å². The van der Waals surface area contributed by atoms with Crippen LogP contribution in [0.4, 0.5) is 4.39 Å². The van der Waals surface area contributed by atoms with Crippen LogP contribution in [0.25, 0.3) is 0 Å². The maximum atomic E-state index is 10.1. The van der Waals surface area contributed by atoms with Gasteiger partial charge in [0.1, 0.15) is 6.61 Å². The molecule has 0 fully saturated rings. The summed E-state index contributed by atoms with van der Waals surface area (Å²) in [5.41, 5.74) is 0. The van der Waals surface area contributed by atoms with Crippen LogP contribution in [0.1, 0.15) is 6.92 Å². The number of carbonyl (C=O) groups excluding carboxylic acids is 1. The van der Waals surface area contributed by atoms with Gasteiger partial charge in [-0.25, -0.2) is 4.39 Å². The molecule has 0 atom stereocenters. The molecule has 0 aromatic heterocycles. The lowest BCUT2D eigenvalue weighted by atomic mass is 10.7. The molecule has 10 heavy (non-hydrogen) atoms. The van der Waals surface area contributed by atoms with E-state index in [1.807, 2.05) is 0 Å². The third-order valence-electron chi connectivity index (χ3n) is 0.404. The Labute approximate surface area is 60.0 Å². The highest BCUT2D eigenvalue weighted by molar-refractivity contribution is 5.65. The molecular weight excluding hydrogens is 135 g/mol. The molecule has 0 bridgehead atoms. The molecule has 3 heteroatoms. The Bertz CT molecular complexity index is 110. The monoisotopic (exact) mass is 146 g/mol. The van der Waals surface area contributed by atoms with Gasteiger partial charge in [-0.15, -0.1) is 0 Å². The van der Waals surface area contributed by atoms with Crippen molar-refractivity contribution in [2.24, 2.45) is 0 Å². The van der Waals surface area contributed by atoms with Gasteiger partial charge < -0.3 is 4.74 Å². The fraction of sp³-hybridized carbons (Fsp3) is 0.286. The Morgan fingerprint density at radius 3 is 2.20 bits per heavy atom. The summed E-state index contributed by atoms with van der Waals surface area (Å²) < 4.78 is 14.5. The maximum Gasteiger partial charge on any atom is 0.302 e. The van der Waals surface area contributed by atoms with E-state index in [4.69, 9.17) is 0 Å². The van der Waals surface area contributed by atoms with Crippen LogP contribution in [0.15, 0.2) is 25.6 Å². The van der Waals surface area contributed by atoms with Gasteiger partial charge in [0.2, 0.25) is 0 Å². The zero-order valence-corrected chi connectivity index (χ0v) is 5.97. The van der Waals surface area contributed by atoms with Crippen molar-refractivity contribution >= 4 is 5.97 Å². The van der Waals surface area contributed by atoms with Crippen molar-refractivity contribution < 1.29 is 13.9 Å². The first kappa shape index (κ1) is 11.6. The van der Waals surface area contributed by atoms with E-state index in [9.17, 15) is 9.18 Å². The van der Waals surface area contributed by atoms with Crippen molar-refractivity contribution in [1.29, 1.82) is 0 Å². The summed E-state index contributed by atoms with van der Waals surface area (Å²) in [6.07, 6.45) is 1.78. The van der Waals surface area contributed by atoms with E-state index in [2.05, 4.69) is 17.9 Å². The third-order valence-corrected chi connectivity index (χ3v) is 0.404. The van der Waals surface area contributed by atoms with Crippen LogP contribution >= 0.6 is 0 Å². The second-order valence-corrected chi connectivity index (χ2v) is 1.25. The standard InChI is InChI=1S/C5H8O2.C2H3F/c1-3-4-7-5(2)6;1-2-3/h3H,1,4H2,2H3;2H,1H2. The van der Waals surface area contributed by atoms with Gasteiger partial charge >= 0.3 is 5.97 Å². The Balaban J connectivity index is 0. The summed E-state index contributed by atoms with van der Waals surface area (Å²) in [7, 11) is 0. The van der Waals surface area contributed by atoms with Crippen molar-refractivity contribution in [2.75, 3.05) is 6.61 Å². The first-order valence-corrected chi connectivity index (χ1v) is 2.64. The lowest BCUT2D eigenvalue weighted by molar-refractivity contribution is -0.139. The summed E-state index contributed by atoms with van der Waals surface area (Å²) in [4.78, 5) is 9.93. The van der Waals surface area contributed by atoms with Gasteiger partial charge in [0.05, 0.1) is 6.33 Å². The van der Waals surface area contributed by atoms with Crippen LogP contribution < -0.4 is 0 Å². The number of halogens is 1. The number of carbonyl (C=O) groups is 1. The summed E-state index contributed by atoms with van der Waals surface area (Å²) >= 11 is 0. The predicted molar refractivity (Wildman–Crippen MR) is 38.1 cm³/mol. The van der Waals surface area contributed by atoms with Gasteiger partial charge in [0.25, 0.3) is 0 Å². The van der Waals surface area contributed by atoms with E-state index >= 15 is 0 Å². The smallest absolute Gasteiger partial charge is 0.302 e. The topological polar surface area (TPSA) is 26.3 Å². The van der Waals surface area contributed by atoms with Crippen molar-refractivity contribution in [3.63, 3.8) is 0 Å². The van der Waals surface area contributed by atoms with E-state index in [1.54, 1.807) is 0 Å². The summed E-state index contributed by atoms with van der Waals surface area (Å²) in [5, 5.41) is 0. The molecule has 0 N–H and O–H groups in total. The molecular formula is C7H11FO2. The zero-order chi connectivity index (χ0) is 8.41. The fourth-order valence-corrected chi connectivity index (χ4v) is 0.176. The largest absolute Gasteiger partial charge is 0.462 e. The molecule has 0 radical (unpaired) electrons. The van der Waals surface area contributed by atoms with Crippen LogP contribution in [0.3, 0.4) is 0 Å². The van der Waals surface area contributed by atoms with Crippen molar-refractivity contribution in [3.8, 4) is 0 Å². The predicted octanol–water partition coefficient (Wildman–Crippen LogP) is 1.83. The van der Waals surface area contributed by atoms with Crippen molar-refractivity contribution in [3.05, 3.63) is 25.6 Å². The Hall–Kier alpha value is -1.12. The Kier molecular flexibility index (Phi) is 12.6. The summed E-state index contributed by atoms with van der Waals surface area (Å²) in [5.74, 6) is -0.264. The van der Waals surface area contributed by atoms with Gasteiger partial charge in [0.15, 0.2) is 0 Å². The van der Waals surface area contributed by atoms with Crippen molar-refractivity contribution in [2.45, 2.75) is 6.92 Å². The SMILES string of the molecule is C=CCOC(C)=O.C=CF. The molecule has 58 valence electrons. The van der Waals surface area contributed by atoms with E-state index in [0.29, 0.717) is 6.61 Å². The number of hydrogen-bond donors (Lipinski definition) is 0. The van der Waals surface area contributed by atoms with Gasteiger partial charge in [-0.3, -0.25) is 4.79 Å². The average molecular weight is 146 g/mol. The summed E-state index contributed by atoms with van der Waals surface area (Å²) in [6.45, 7) is 7.73. The molecule has 0 aliphatic carbocycles. The molecule has 0 unspecified atom stereocenters. The maximum absolute atomic E-state index is 10.1. The molecule has 0 heterocycles. The second kappa shape index (κ2) is 10.8. The first-order valence-electron chi connectivity index (χ1n) is 2.64. The summed E-state index contributed by atoms with van der Waals surface area (Å²) in [6, 6.07) is 0. The van der Waals surface area contributed by atoms with Crippen LogP contribution in [0.5, 0.6) is 0 Å². The van der Waals surface area contributed by atoms with Gasteiger partial charge in [-0.1, -0.05) is 19.2 Å². The minimum Gasteiger partial charge on any atom is -0.462 e. The van der Waals surface area contributed by atoms with Crippen LogP contribution in [-0.4, -0.2) is 12.6 Å². The first-order chi connectivity index (χ1) is 4.68. The molecule has 0 aromatic rings. The lowest BCUT2D eigenvalue weighted by Crippen LogP contribution is -1.96. The van der Waals surface area contributed by atoms with Gasteiger partial charge in [-0.2, -0.15) is 0 Å². The molecule has 2 nitrogen and oxygen atoms in total. The Morgan fingerprint density at radius 1 is 1.70 bits per heavy atom. The molecule has 0 rings (SSSR count). The van der Waals surface area contributed by atoms with Gasteiger partial charge in [0, 0.05) is 6.92 Å². The van der Waals surface area contributed by atoms with E-state index in [-0.39, 0.29) is 12.3 Å². The fourth-order valence-electron chi connectivity index (χ4n) is 0.176. The average Bonchev–Trinajstić information content (AvgIpc) is 1.85. The normalized spacial score (nSPS) is 6.60. The van der Waals surface area contributed by atoms with Crippen LogP contribution in [0, 0.1) is 0 Å². The minimum absolute atomic E-state index is 0.250. The molecule has 0 aliphatic heterocycles. The second-order valence-electron chi connectivity index (χ2n) is 1.25. The molecule has 0 saturated heterocycles. The van der Waals surface area contributed by atoms with Gasteiger partial charge in [-0.05, 0) is 0 Å². The van der Waals surface area contributed by atoms with E-state index in [1.165, 1.54) is 13.0 Å². The van der Waals surface area contributed by atoms with Crippen molar-refractivity contribution in [1.82, 2.24) is 0 Å². The Morgan fingerprint density at radius 2 is 2.10 bits per heavy atom. The number of esters is 1. The molecule has 0 saturated carbocycles. The molecule has 0 aromatic carbocycles. The number of ether oxygens (including phenoxy) is 1. The van der Waals surface area contributed by atoms with E-state index in [0.717, 1.165) is 0 Å². The van der Waals surface area contributed by atoms with Crippen LogP contribution in [0.2, 0.25) is 0 Å². The minimum atomic E-state index is -0.264. The number of rotatable bonds is 2. The third kappa shape index (κ3) is 28.7. The molecule has 0 spiro atoms.